The minimum Gasteiger partial charge on any atom is -0.272 e. The zero-order valence-electron chi connectivity index (χ0n) is 11.0. The maximum atomic E-state index is 11.7. The molecule has 2 aromatic rings. The standard InChI is InChI=1S/C15H13Cl2NO2S/c16-12-6-7-13(17)14(8-12)21-10-15(19)18-20-9-11-4-2-1-3-5-11/h1-8H,9-10H2,(H,18,19). The molecule has 0 bridgehead atoms. The molecule has 21 heavy (non-hydrogen) atoms. The molecule has 0 spiro atoms. The summed E-state index contributed by atoms with van der Waals surface area (Å²) in [5.74, 6) is -0.0264. The van der Waals surface area contributed by atoms with Crippen LogP contribution < -0.4 is 5.48 Å². The van der Waals surface area contributed by atoms with E-state index >= 15 is 0 Å². The molecule has 0 heterocycles. The van der Waals surface area contributed by atoms with Gasteiger partial charge in [-0.15, -0.1) is 11.8 Å². The van der Waals surface area contributed by atoms with Crippen LogP contribution in [0.4, 0.5) is 0 Å². The summed E-state index contributed by atoms with van der Waals surface area (Å²) in [6, 6.07) is 14.7. The van der Waals surface area contributed by atoms with Crippen molar-refractivity contribution in [1.29, 1.82) is 0 Å². The molecule has 0 aromatic heterocycles. The normalized spacial score (nSPS) is 10.4. The van der Waals surface area contributed by atoms with Crippen molar-refractivity contribution < 1.29 is 9.63 Å². The quantitative estimate of drug-likeness (QED) is 0.627. The van der Waals surface area contributed by atoms with Crippen LogP contribution in [0.1, 0.15) is 5.56 Å². The van der Waals surface area contributed by atoms with Gasteiger partial charge in [0.05, 0.1) is 17.4 Å². The Hall–Kier alpha value is -1.20. The van der Waals surface area contributed by atoms with Crippen molar-refractivity contribution in [2.24, 2.45) is 0 Å². The topological polar surface area (TPSA) is 38.3 Å². The van der Waals surface area contributed by atoms with Gasteiger partial charge in [0.2, 0.25) is 0 Å². The zero-order chi connectivity index (χ0) is 15.1. The first-order chi connectivity index (χ1) is 10.1. The fraction of sp³-hybridized carbons (Fsp3) is 0.133. The van der Waals surface area contributed by atoms with Crippen molar-refractivity contribution in [1.82, 2.24) is 5.48 Å². The van der Waals surface area contributed by atoms with Crippen LogP contribution in [-0.2, 0) is 16.2 Å². The minimum absolute atomic E-state index is 0.203. The molecule has 1 amide bonds. The number of amides is 1. The first kappa shape index (κ1) is 16.2. The molecule has 0 unspecified atom stereocenters. The highest BCUT2D eigenvalue weighted by Gasteiger charge is 2.06. The van der Waals surface area contributed by atoms with Gasteiger partial charge in [-0.3, -0.25) is 9.63 Å². The van der Waals surface area contributed by atoms with Crippen molar-refractivity contribution in [2.45, 2.75) is 11.5 Å². The van der Waals surface area contributed by atoms with Crippen LogP contribution in [0.25, 0.3) is 0 Å². The number of carbonyl (C=O) groups is 1. The number of benzene rings is 2. The van der Waals surface area contributed by atoms with Crippen molar-refractivity contribution in [2.75, 3.05) is 5.75 Å². The van der Waals surface area contributed by atoms with E-state index in [0.717, 1.165) is 10.5 Å². The first-order valence-corrected chi connectivity index (χ1v) is 7.92. The SMILES string of the molecule is O=C(CSc1cc(Cl)ccc1Cl)NOCc1ccccc1. The number of hydroxylamine groups is 1. The number of hydrogen-bond donors (Lipinski definition) is 1. The Bertz CT molecular complexity index is 608. The van der Waals surface area contributed by atoms with Gasteiger partial charge in [0.25, 0.3) is 5.91 Å². The van der Waals surface area contributed by atoms with Gasteiger partial charge in [-0.1, -0.05) is 53.5 Å². The summed E-state index contributed by atoms with van der Waals surface area (Å²) in [5, 5.41) is 1.16. The van der Waals surface area contributed by atoms with Crippen LogP contribution in [0.2, 0.25) is 10.0 Å². The summed E-state index contributed by atoms with van der Waals surface area (Å²) in [6.07, 6.45) is 0. The molecule has 0 aliphatic carbocycles. The van der Waals surface area contributed by atoms with E-state index < -0.39 is 0 Å². The molecule has 2 rings (SSSR count). The van der Waals surface area contributed by atoms with E-state index in [1.165, 1.54) is 11.8 Å². The van der Waals surface area contributed by atoms with Crippen molar-refractivity contribution in [3.05, 3.63) is 64.1 Å². The van der Waals surface area contributed by atoms with Gasteiger partial charge in [0.15, 0.2) is 0 Å². The molecule has 6 heteroatoms. The minimum atomic E-state index is -0.230. The van der Waals surface area contributed by atoms with E-state index in [1.54, 1.807) is 18.2 Å². The lowest BCUT2D eigenvalue weighted by molar-refractivity contribution is -0.131. The van der Waals surface area contributed by atoms with Gasteiger partial charge in [-0.25, -0.2) is 5.48 Å². The highest BCUT2D eigenvalue weighted by molar-refractivity contribution is 8.00. The monoisotopic (exact) mass is 341 g/mol. The molecule has 0 fully saturated rings. The van der Waals surface area contributed by atoms with E-state index in [4.69, 9.17) is 28.0 Å². The molecule has 0 saturated heterocycles. The predicted octanol–water partition coefficient (Wildman–Crippen LogP) is 4.33. The lowest BCUT2D eigenvalue weighted by atomic mass is 10.2. The van der Waals surface area contributed by atoms with Crippen LogP contribution in [-0.4, -0.2) is 11.7 Å². The summed E-state index contributed by atoms with van der Waals surface area (Å²) in [6.45, 7) is 0.329. The second-order valence-electron chi connectivity index (χ2n) is 4.16. The number of carbonyl (C=O) groups excluding carboxylic acids is 1. The molecule has 3 nitrogen and oxygen atoms in total. The number of nitrogens with one attached hydrogen (secondary N) is 1. The summed E-state index contributed by atoms with van der Waals surface area (Å²) < 4.78 is 0. The Labute approximate surface area is 137 Å². The van der Waals surface area contributed by atoms with Crippen molar-refractivity contribution in [3.8, 4) is 0 Å². The molecule has 110 valence electrons. The van der Waals surface area contributed by atoms with Gasteiger partial charge >= 0.3 is 0 Å². The lowest BCUT2D eigenvalue weighted by Gasteiger charge is -2.07. The van der Waals surface area contributed by atoms with E-state index in [-0.39, 0.29) is 11.7 Å². The molecule has 0 radical (unpaired) electrons. The maximum Gasteiger partial charge on any atom is 0.253 e. The Kier molecular flexibility index (Phi) is 6.39. The van der Waals surface area contributed by atoms with Crippen LogP contribution in [0, 0.1) is 0 Å². The maximum absolute atomic E-state index is 11.7. The fourth-order valence-electron chi connectivity index (χ4n) is 1.53. The molecular weight excluding hydrogens is 329 g/mol. The Morgan fingerprint density at radius 1 is 1.14 bits per heavy atom. The smallest absolute Gasteiger partial charge is 0.253 e. The van der Waals surface area contributed by atoms with Crippen molar-refractivity contribution in [3.63, 3.8) is 0 Å². The molecule has 0 aliphatic heterocycles. The molecule has 0 aliphatic rings. The Morgan fingerprint density at radius 3 is 2.67 bits per heavy atom. The summed E-state index contributed by atoms with van der Waals surface area (Å²) in [7, 11) is 0. The third-order valence-electron chi connectivity index (χ3n) is 2.52. The van der Waals surface area contributed by atoms with Crippen LogP contribution in [0.3, 0.4) is 0 Å². The molecular formula is C15H13Cl2NO2S. The Balaban J connectivity index is 1.74. The number of halogens is 2. The molecule has 2 aromatic carbocycles. The molecule has 1 N–H and O–H groups in total. The van der Waals surface area contributed by atoms with Gasteiger partial charge in [0.1, 0.15) is 0 Å². The summed E-state index contributed by atoms with van der Waals surface area (Å²) in [5.41, 5.74) is 3.39. The van der Waals surface area contributed by atoms with E-state index in [1.807, 2.05) is 30.3 Å². The molecule has 0 saturated carbocycles. The highest BCUT2D eigenvalue weighted by atomic mass is 35.5. The average Bonchev–Trinajstić information content (AvgIpc) is 2.49. The van der Waals surface area contributed by atoms with Crippen LogP contribution in [0.15, 0.2) is 53.4 Å². The van der Waals surface area contributed by atoms with Crippen LogP contribution >= 0.6 is 35.0 Å². The third-order valence-corrected chi connectivity index (χ3v) is 4.25. The molecule has 0 atom stereocenters. The number of rotatable bonds is 6. The van der Waals surface area contributed by atoms with Gasteiger partial charge < -0.3 is 0 Å². The summed E-state index contributed by atoms with van der Waals surface area (Å²) >= 11 is 13.2. The van der Waals surface area contributed by atoms with E-state index in [9.17, 15) is 4.79 Å². The summed E-state index contributed by atoms with van der Waals surface area (Å²) in [4.78, 5) is 17.6. The lowest BCUT2D eigenvalue weighted by Crippen LogP contribution is -2.25. The second kappa shape index (κ2) is 8.29. The number of hydrogen-bond acceptors (Lipinski definition) is 3. The van der Waals surface area contributed by atoms with E-state index in [2.05, 4.69) is 5.48 Å². The zero-order valence-corrected chi connectivity index (χ0v) is 13.3. The number of thioether (sulfide) groups is 1. The predicted molar refractivity (Wildman–Crippen MR) is 86.6 cm³/mol. The third kappa shape index (κ3) is 5.59. The van der Waals surface area contributed by atoms with Crippen molar-refractivity contribution >= 4 is 40.9 Å². The van der Waals surface area contributed by atoms with Gasteiger partial charge in [-0.2, -0.15) is 0 Å². The van der Waals surface area contributed by atoms with Gasteiger partial charge in [-0.05, 0) is 23.8 Å². The average molecular weight is 342 g/mol. The largest absolute Gasteiger partial charge is 0.272 e. The second-order valence-corrected chi connectivity index (χ2v) is 6.02. The Morgan fingerprint density at radius 2 is 1.90 bits per heavy atom. The highest BCUT2D eigenvalue weighted by Crippen LogP contribution is 2.29. The fourth-order valence-corrected chi connectivity index (χ4v) is 2.81. The van der Waals surface area contributed by atoms with Crippen LogP contribution in [0.5, 0.6) is 0 Å². The van der Waals surface area contributed by atoms with E-state index in [0.29, 0.717) is 16.7 Å². The first-order valence-electron chi connectivity index (χ1n) is 6.17. The van der Waals surface area contributed by atoms with Gasteiger partial charge in [0, 0.05) is 9.92 Å².